The number of hydrogen-bond acceptors (Lipinski definition) is 3. The van der Waals surface area contributed by atoms with E-state index >= 15 is 0 Å². The fourth-order valence-corrected chi connectivity index (χ4v) is 2.31. The average Bonchev–Trinajstić information content (AvgIpc) is 2.83. The Hall–Kier alpha value is -2.30. The minimum atomic E-state index is -0.0584. The second kappa shape index (κ2) is 7.11. The zero-order chi connectivity index (χ0) is 16.1. The van der Waals surface area contributed by atoms with Crippen LogP contribution in [0.1, 0.15) is 31.1 Å². The summed E-state index contributed by atoms with van der Waals surface area (Å²) in [6, 6.07) is 5.57. The van der Waals surface area contributed by atoms with Gasteiger partial charge in [-0.3, -0.25) is 9.59 Å². The fourth-order valence-electron chi connectivity index (χ4n) is 2.31. The molecule has 0 fully saturated rings. The topological polar surface area (TPSA) is 60.3 Å². The van der Waals surface area contributed by atoms with E-state index in [0.717, 1.165) is 22.9 Å². The summed E-state index contributed by atoms with van der Waals surface area (Å²) in [5.74, 6) is 1.07. The van der Waals surface area contributed by atoms with E-state index in [0.29, 0.717) is 24.6 Å². The van der Waals surface area contributed by atoms with Crippen LogP contribution in [0.3, 0.4) is 0 Å². The molecule has 0 saturated heterocycles. The number of fused-ring (bicyclic) bond motifs is 1. The molecule has 22 heavy (non-hydrogen) atoms. The van der Waals surface area contributed by atoms with Gasteiger partial charge in [0.2, 0.25) is 5.91 Å². The second-order valence-corrected chi connectivity index (χ2v) is 5.64. The SMILES string of the molecule is CCOc1ccc2c(c1)c(C=O)cn2CC(=O)NCC(C)C. The van der Waals surface area contributed by atoms with Gasteiger partial charge in [0.05, 0.1) is 6.61 Å². The molecule has 0 unspecified atom stereocenters. The highest BCUT2D eigenvalue weighted by Crippen LogP contribution is 2.25. The number of benzene rings is 1. The van der Waals surface area contributed by atoms with Crippen LogP contribution in [0.2, 0.25) is 0 Å². The predicted octanol–water partition coefficient (Wildman–Crippen LogP) is 2.62. The molecule has 0 spiro atoms. The first-order valence-electron chi connectivity index (χ1n) is 7.52. The lowest BCUT2D eigenvalue weighted by atomic mass is 10.2. The third kappa shape index (κ3) is 3.67. The monoisotopic (exact) mass is 302 g/mol. The van der Waals surface area contributed by atoms with Crippen LogP contribution in [-0.2, 0) is 11.3 Å². The van der Waals surface area contributed by atoms with E-state index in [4.69, 9.17) is 4.74 Å². The first-order chi connectivity index (χ1) is 10.5. The Balaban J connectivity index is 2.26. The van der Waals surface area contributed by atoms with Crippen molar-refractivity contribution in [3.63, 3.8) is 0 Å². The smallest absolute Gasteiger partial charge is 0.239 e. The van der Waals surface area contributed by atoms with Crippen molar-refractivity contribution in [2.45, 2.75) is 27.3 Å². The maximum atomic E-state index is 12.0. The molecule has 0 aliphatic heterocycles. The molecule has 0 bridgehead atoms. The van der Waals surface area contributed by atoms with Gasteiger partial charge >= 0.3 is 0 Å². The van der Waals surface area contributed by atoms with Crippen molar-refractivity contribution >= 4 is 23.1 Å². The van der Waals surface area contributed by atoms with Crippen LogP contribution < -0.4 is 10.1 Å². The van der Waals surface area contributed by atoms with Crippen LogP contribution in [0, 0.1) is 5.92 Å². The van der Waals surface area contributed by atoms with Gasteiger partial charge in [-0.1, -0.05) is 13.8 Å². The summed E-state index contributed by atoms with van der Waals surface area (Å²) in [6.45, 7) is 7.42. The van der Waals surface area contributed by atoms with E-state index in [-0.39, 0.29) is 12.5 Å². The molecule has 5 nitrogen and oxygen atoms in total. The number of ether oxygens (including phenoxy) is 1. The third-order valence-corrected chi connectivity index (χ3v) is 3.34. The lowest BCUT2D eigenvalue weighted by Gasteiger charge is -2.09. The summed E-state index contributed by atoms with van der Waals surface area (Å²) in [6.07, 6.45) is 2.52. The van der Waals surface area contributed by atoms with E-state index < -0.39 is 0 Å². The van der Waals surface area contributed by atoms with Crippen LogP contribution >= 0.6 is 0 Å². The van der Waals surface area contributed by atoms with Gasteiger partial charge in [0.25, 0.3) is 0 Å². The molecule has 5 heteroatoms. The Morgan fingerprint density at radius 1 is 1.41 bits per heavy atom. The highest BCUT2D eigenvalue weighted by atomic mass is 16.5. The molecular formula is C17H22N2O3. The number of nitrogens with zero attached hydrogens (tertiary/aromatic N) is 1. The molecule has 1 aromatic heterocycles. The average molecular weight is 302 g/mol. The number of aldehydes is 1. The van der Waals surface area contributed by atoms with Gasteiger partial charge < -0.3 is 14.6 Å². The molecule has 0 saturated carbocycles. The first kappa shape index (κ1) is 16.1. The molecule has 1 heterocycles. The Morgan fingerprint density at radius 3 is 2.82 bits per heavy atom. The van der Waals surface area contributed by atoms with E-state index in [1.807, 2.05) is 39.0 Å². The van der Waals surface area contributed by atoms with Gasteiger partial charge in [-0.15, -0.1) is 0 Å². The van der Waals surface area contributed by atoms with E-state index in [9.17, 15) is 9.59 Å². The molecule has 0 aliphatic rings. The molecule has 2 rings (SSSR count). The lowest BCUT2D eigenvalue weighted by molar-refractivity contribution is -0.121. The minimum absolute atomic E-state index is 0.0584. The van der Waals surface area contributed by atoms with Crippen LogP contribution in [0.15, 0.2) is 24.4 Å². The summed E-state index contributed by atoms with van der Waals surface area (Å²) < 4.78 is 7.26. The minimum Gasteiger partial charge on any atom is -0.494 e. The second-order valence-electron chi connectivity index (χ2n) is 5.64. The number of rotatable bonds is 7. The summed E-state index contributed by atoms with van der Waals surface area (Å²) in [7, 11) is 0. The molecule has 0 aliphatic carbocycles. The van der Waals surface area contributed by atoms with Crippen LogP contribution in [0.5, 0.6) is 5.75 Å². The highest BCUT2D eigenvalue weighted by molar-refractivity contribution is 5.98. The lowest BCUT2D eigenvalue weighted by Crippen LogP contribution is -2.30. The Labute approximate surface area is 130 Å². The standard InChI is InChI=1S/C17H22N2O3/c1-4-22-14-5-6-16-15(7-14)13(11-20)9-19(16)10-17(21)18-8-12(2)3/h5-7,9,11-12H,4,8,10H2,1-3H3,(H,18,21). The Kier molecular flexibility index (Phi) is 5.20. The normalized spacial score (nSPS) is 10.9. The largest absolute Gasteiger partial charge is 0.494 e. The highest BCUT2D eigenvalue weighted by Gasteiger charge is 2.12. The van der Waals surface area contributed by atoms with Gasteiger partial charge in [-0.25, -0.2) is 0 Å². The van der Waals surface area contributed by atoms with Crippen LogP contribution in [-0.4, -0.2) is 29.9 Å². The third-order valence-electron chi connectivity index (χ3n) is 3.34. The summed E-state index contributed by atoms with van der Waals surface area (Å²) >= 11 is 0. The maximum Gasteiger partial charge on any atom is 0.239 e. The van der Waals surface area contributed by atoms with Crippen molar-refractivity contribution in [2.75, 3.05) is 13.2 Å². The molecule has 118 valence electrons. The molecular weight excluding hydrogens is 280 g/mol. The van der Waals surface area contributed by atoms with Gasteiger partial charge in [0.15, 0.2) is 6.29 Å². The molecule has 1 amide bonds. The zero-order valence-electron chi connectivity index (χ0n) is 13.3. The quantitative estimate of drug-likeness (QED) is 0.800. The number of hydrogen-bond donors (Lipinski definition) is 1. The number of carbonyl (C=O) groups is 2. The molecule has 1 aromatic carbocycles. The number of carbonyl (C=O) groups excluding carboxylic acids is 2. The van der Waals surface area contributed by atoms with Crippen molar-refractivity contribution in [2.24, 2.45) is 5.92 Å². The van der Waals surface area contributed by atoms with Crippen molar-refractivity contribution in [1.29, 1.82) is 0 Å². The molecule has 0 radical (unpaired) electrons. The summed E-state index contributed by atoms with van der Waals surface area (Å²) in [5, 5.41) is 3.68. The number of aromatic nitrogens is 1. The van der Waals surface area contributed by atoms with E-state index in [2.05, 4.69) is 5.32 Å². The number of amides is 1. The first-order valence-corrected chi connectivity index (χ1v) is 7.52. The Morgan fingerprint density at radius 2 is 2.18 bits per heavy atom. The van der Waals surface area contributed by atoms with Crippen LogP contribution in [0.4, 0.5) is 0 Å². The zero-order valence-corrected chi connectivity index (χ0v) is 13.3. The predicted molar refractivity (Wildman–Crippen MR) is 86.3 cm³/mol. The van der Waals surface area contributed by atoms with Crippen molar-refractivity contribution in [3.8, 4) is 5.75 Å². The number of nitrogens with one attached hydrogen (secondary N) is 1. The fraction of sp³-hybridized carbons (Fsp3) is 0.412. The van der Waals surface area contributed by atoms with Crippen LogP contribution in [0.25, 0.3) is 10.9 Å². The van der Waals surface area contributed by atoms with Gasteiger partial charge in [0, 0.05) is 29.2 Å². The molecule has 2 aromatic rings. The summed E-state index contributed by atoms with van der Waals surface area (Å²) in [4.78, 5) is 23.2. The van der Waals surface area contributed by atoms with E-state index in [1.54, 1.807) is 10.8 Å². The van der Waals surface area contributed by atoms with Crippen molar-refractivity contribution in [3.05, 3.63) is 30.0 Å². The van der Waals surface area contributed by atoms with Gasteiger partial charge in [-0.2, -0.15) is 0 Å². The maximum absolute atomic E-state index is 12.0. The van der Waals surface area contributed by atoms with Crippen molar-refractivity contribution in [1.82, 2.24) is 9.88 Å². The van der Waals surface area contributed by atoms with Gasteiger partial charge in [-0.05, 0) is 31.0 Å². The molecule has 1 N–H and O–H groups in total. The molecule has 0 atom stereocenters. The Bertz CT molecular complexity index is 674. The summed E-state index contributed by atoms with van der Waals surface area (Å²) in [5.41, 5.74) is 1.42. The van der Waals surface area contributed by atoms with Crippen molar-refractivity contribution < 1.29 is 14.3 Å². The van der Waals surface area contributed by atoms with Gasteiger partial charge in [0.1, 0.15) is 12.3 Å². The van der Waals surface area contributed by atoms with E-state index in [1.165, 1.54) is 0 Å².